The zero-order valence-electron chi connectivity index (χ0n) is 16.0. The van der Waals surface area contributed by atoms with Crippen LogP contribution in [0.5, 0.6) is 0 Å². The first-order valence-corrected chi connectivity index (χ1v) is 9.96. The minimum atomic E-state index is 0.360. The van der Waals surface area contributed by atoms with Gasteiger partial charge in [-0.05, 0) is 43.9 Å². The van der Waals surface area contributed by atoms with Gasteiger partial charge in [-0.1, -0.05) is 25.0 Å². The Balaban J connectivity index is 1.44. The monoisotopic (exact) mass is 343 g/mol. The van der Waals surface area contributed by atoms with Crippen molar-refractivity contribution in [2.75, 3.05) is 50.7 Å². The highest BCUT2D eigenvalue weighted by Crippen LogP contribution is 2.23. The van der Waals surface area contributed by atoms with E-state index < -0.39 is 0 Å². The molecule has 0 saturated carbocycles. The van der Waals surface area contributed by atoms with Crippen LogP contribution in [0.1, 0.15) is 43.2 Å². The van der Waals surface area contributed by atoms with E-state index >= 15 is 0 Å². The number of aryl methyl sites for hydroxylation is 1. The first-order chi connectivity index (χ1) is 12.1. The standard InChI is InChI=1S/C21H33N3O/c1-18-8-7-9-20(19(18)2)23-16-14-22(15-17-23)13-10-21(25)24-11-5-3-4-6-12-24/h7-9H,3-6,10-17H2,1-2H3. The topological polar surface area (TPSA) is 26.8 Å². The first-order valence-electron chi connectivity index (χ1n) is 9.96. The first kappa shape index (κ1) is 18.2. The number of rotatable bonds is 4. The summed E-state index contributed by atoms with van der Waals surface area (Å²) >= 11 is 0. The molecule has 0 unspecified atom stereocenters. The van der Waals surface area contributed by atoms with E-state index in [0.717, 1.165) is 45.8 Å². The SMILES string of the molecule is Cc1cccc(N2CCN(CCC(=O)N3CCCCCC3)CC2)c1C. The number of carbonyl (C=O) groups excluding carboxylic acids is 1. The number of anilines is 1. The Bertz CT molecular complexity index is 571. The summed E-state index contributed by atoms with van der Waals surface area (Å²) in [4.78, 5) is 19.5. The van der Waals surface area contributed by atoms with Crippen molar-refractivity contribution in [3.05, 3.63) is 29.3 Å². The van der Waals surface area contributed by atoms with Crippen molar-refractivity contribution in [3.63, 3.8) is 0 Å². The second kappa shape index (κ2) is 8.70. The van der Waals surface area contributed by atoms with E-state index in [1.807, 2.05) is 0 Å². The van der Waals surface area contributed by atoms with Crippen LogP contribution in [0, 0.1) is 13.8 Å². The lowest BCUT2D eigenvalue weighted by Crippen LogP contribution is -2.47. The zero-order valence-corrected chi connectivity index (χ0v) is 16.0. The Morgan fingerprint density at radius 3 is 2.28 bits per heavy atom. The van der Waals surface area contributed by atoms with Crippen LogP contribution in [-0.4, -0.2) is 61.5 Å². The molecule has 2 saturated heterocycles. The summed E-state index contributed by atoms with van der Waals surface area (Å²) in [6, 6.07) is 6.58. The van der Waals surface area contributed by atoms with E-state index in [9.17, 15) is 4.79 Å². The maximum Gasteiger partial charge on any atom is 0.223 e. The fourth-order valence-electron chi connectivity index (χ4n) is 4.02. The number of carbonyl (C=O) groups is 1. The van der Waals surface area contributed by atoms with Crippen molar-refractivity contribution in [1.82, 2.24) is 9.80 Å². The highest BCUT2D eigenvalue weighted by atomic mass is 16.2. The third kappa shape index (κ3) is 4.75. The molecule has 4 heteroatoms. The fourth-order valence-corrected chi connectivity index (χ4v) is 4.02. The highest BCUT2D eigenvalue weighted by molar-refractivity contribution is 5.76. The van der Waals surface area contributed by atoms with Crippen molar-refractivity contribution in [2.24, 2.45) is 0 Å². The van der Waals surface area contributed by atoms with Gasteiger partial charge in [-0.2, -0.15) is 0 Å². The third-order valence-electron chi connectivity index (χ3n) is 5.89. The summed E-state index contributed by atoms with van der Waals surface area (Å²) in [5.74, 6) is 0.360. The molecule has 2 aliphatic rings. The minimum absolute atomic E-state index is 0.360. The Hall–Kier alpha value is -1.55. The number of amides is 1. The molecule has 3 rings (SSSR count). The van der Waals surface area contributed by atoms with Gasteiger partial charge >= 0.3 is 0 Å². The van der Waals surface area contributed by atoms with Gasteiger partial charge in [-0.3, -0.25) is 9.69 Å². The molecule has 2 heterocycles. The van der Waals surface area contributed by atoms with Crippen LogP contribution in [-0.2, 0) is 4.79 Å². The van der Waals surface area contributed by atoms with Crippen molar-refractivity contribution in [1.29, 1.82) is 0 Å². The molecule has 2 fully saturated rings. The van der Waals surface area contributed by atoms with Gasteiger partial charge in [-0.15, -0.1) is 0 Å². The van der Waals surface area contributed by atoms with Gasteiger partial charge in [0.2, 0.25) is 5.91 Å². The number of benzene rings is 1. The van der Waals surface area contributed by atoms with Gasteiger partial charge in [-0.25, -0.2) is 0 Å². The van der Waals surface area contributed by atoms with E-state index in [-0.39, 0.29) is 0 Å². The summed E-state index contributed by atoms with van der Waals surface area (Å²) in [7, 11) is 0. The molecular weight excluding hydrogens is 310 g/mol. The quantitative estimate of drug-likeness (QED) is 0.840. The fraction of sp³-hybridized carbons (Fsp3) is 0.667. The average Bonchev–Trinajstić information content (AvgIpc) is 2.92. The van der Waals surface area contributed by atoms with Crippen molar-refractivity contribution < 1.29 is 4.79 Å². The summed E-state index contributed by atoms with van der Waals surface area (Å²) in [5, 5.41) is 0. The lowest BCUT2D eigenvalue weighted by atomic mass is 10.1. The molecule has 1 aromatic carbocycles. The molecule has 0 radical (unpaired) electrons. The highest BCUT2D eigenvalue weighted by Gasteiger charge is 2.21. The third-order valence-corrected chi connectivity index (χ3v) is 5.89. The van der Waals surface area contributed by atoms with E-state index in [4.69, 9.17) is 0 Å². The van der Waals surface area contributed by atoms with E-state index in [1.54, 1.807) is 0 Å². The minimum Gasteiger partial charge on any atom is -0.369 e. The molecule has 138 valence electrons. The van der Waals surface area contributed by atoms with Gasteiger partial charge in [0.05, 0.1) is 0 Å². The smallest absolute Gasteiger partial charge is 0.223 e. The molecule has 2 aliphatic heterocycles. The summed E-state index contributed by atoms with van der Waals surface area (Å²) in [6.07, 6.45) is 5.61. The van der Waals surface area contributed by atoms with Gasteiger partial charge in [0.25, 0.3) is 0 Å². The maximum atomic E-state index is 12.5. The van der Waals surface area contributed by atoms with Crippen LogP contribution >= 0.6 is 0 Å². The van der Waals surface area contributed by atoms with Gasteiger partial charge < -0.3 is 9.80 Å². The predicted octanol–water partition coefficient (Wildman–Crippen LogP) is 3.22. The van der Waals surface area contributed by atoms with E-state index in [1.165, 1.54) is 42.5 Å². The van der Waals surface area contributed by atoms with Crippen LogP contribution < -0.4 is 4.90 Å². The summed E-state index contributed by atoms with van der Waals surface area (Å²) in [5.41, 5.74) is 4.13. The van der Waals surface area contributed by atoms with Gasteiger partial charge in [0, 0.05) is 57.9 Å². The Labute approximate surface area is 152 Å². The second-order valence-electron chi connectivity index (χ2n) is 7.59. The molecule has 0 aliphatic carbocycles. The molecule has 1 amide bonds. The Kier molecular flexibility index (Phi) is 6.35. The molecule has 25 heavy (non-hydrogen) atoms. The van der Waals surface area contributed by atoms with Crippen LogP contribution in [0.4, 0.5) is 5.69 Å². The molecule has 4 nitrogen and oxygen atoms in total. The Morgan fingerprint density at radius 2 is 1.60 bits per heavy atom. The number of piperazine rings is 1. The Morgan fingerprint density at radius 1 is 0.920 bits per heavy atom. The molecule has 0 bridgehead atoms. The lowest BCUT2D eigenvalue weighted by molar-refractivity contribution is -0.131. The normalized spacial score (nSPS) is 19.8. The number of hydrogen-bond donors (Lipinski definition) is 0. The van der Waals surface area contributed by atoms with Gasteiger partial charge in [0.1, 0.15) is 0 Å². The molecule has 1 aromatic rings. The molecule has 0 N–H and O–H groups in total. The number of likely N-dealkylation sites (tertiary alicyclic amines) is 1. The summed E-state index contributed by atoms with van der Waals surface area (Å²) in [6.45, 7) is 11.5. The van der Waals surface area contributed by atoms with Crippen molar-refractivity contribution in [3.8, 4) is 0 Å². The van der Waals surface area contributed by atoms with Crippen LogP contribution in [0.15, 0.2) is 18.2 Å². The maximum absolute atomic E-state index is 12.5. The second-order valence-corrected chi connectivity index (χ2v) is 7.59. The van der Waals surface area contributed by atoms with E-state index in [0.29, 0.717) is 12.3 Å². The molecule has 0 atom stereocenters. The number of nitrogens with zero attached hydrogens (tertiary/aromatic N) is 3. The van der Waals surface area contributed by atoms with E-state index in [2.05, 4.69) is 46.7 Å². The largest absolute Gasteiger partial charge is 0.369 e. The molecule has 0 spiro atoms. The average molecular weight is 344 g/mol. The van der Waals surface area contributed by atoms with Crippen molar-refractivity contribution >= 4 is 11.6 Å². The van der Waals surface area contributed by atoms with Gasteiger partial charge in [0.15, 0.2) is 0 Å². The van der Waals surface area contributed by atoms with Crippen LogP contribution in [0.2, 0.25) is 0 Å². The number of hydrogen-bond acceptors (Lipinski definition) is 3. The lowest BCUT2D eigenvalue weighted by Gasteiger charge is -2.37. The predicted molar refractivity (Wildman–Crippen MR) is 104 cm³/mol. The molecular formula is C21H33N3O. The molecule has 0 aromatic heterocycles. The van der Waals surface area contributed by atoms with Crippen LogP contribution in [0.3, 0.4) is 0 Å². The van der Waals surface area contributed by atoms with Crippen LogP contribution in [0.25, 0.3) is 0 Å². The zero-order chi connectivity index (χ0) is 17.6. The summed E-state index contributed by atoms with van der Waals surface area (Å²) < 4.78 is 0. The van der Waals surface area contributed by atoms with Crippen molar-refractivity contribution in [2.45, 2.75) is 46.0 Å².